The molecule has 1 aromatic carbocycles. The van der Waals surface area contributed by atoms with Crippen molar-refractivity contribution in [2.45, 2.75) is 5.75 Å². The lowest BCUT2D eigenvalue weighted by Gasteiger charge is -1.87. The molecule has 0 saturated carbocycles. The highest BCUT2D eigenvalue weighted by Gasteiger charge is 2.13. The second kappa shape index (κ2) is 3.66. The van der Waals surface area contributed by atoms with Gasteiger partial charge < -0.3 is 4.42 Å². The molecule has 0 bridgehead atoms. The molecule has 4 nitrogen and oxygen atoms in total. The van der Waals surface area contributed by atoms with Crippen molar-refractivity contribution in [3.8, 4) is 0 Å². The lowest BCUT2D eigenvalue weighted by molar-refractivity contribution is 0.544. The summed E-state index contributed by atoms with van der Waals surface area (Å²) in [6, 6.07) is 4.84. The largest absolute Gasteiger partial charge is 0.440 e. The number of hydrogen-bond acceptors (Lipinski definition) is 4. The van der Waals surface area contributed by atoms with Gasteiger partial charge in [0.15, 0.2) is 5.58 Å². The van der Waals surface area contributed by atoms with Crippen LogP contribution < -0.4 is 0 Å². The molecule has 1 heterocycles. The summed E-state index contributed by atoms with van der Waals surface area (Å²) >= 11 is 5.74. The first-order valence-corrected chi connectivity index (χ1v) is 6.77. The zero-order valence-electron chi connectivity index (χ0n) is 7.28. The second-order valence-electron chi connectivity index (χ2n) is 2.90. The molecule has 0 amide bonds. The summed E-state index contributed by atoms with van der Waals surface area (Å²) in [5.74, 6) is -0.372. The minimum atomic E-state index is -3.65. The lowest BCUT2D eigenvalue weighted by atomic mass is 10.3. The number of halogens is 2. The van der Waals surface area contributed by atoms with Gasteiger partial charge in [-0.15, -0.1) is 0 Å². The van der Waals surface area contributed by atoms with Crippen LogP contribution in [0, 0.1) is 0 Å². The van der Waals surface area contributed by atoms with E-state index >= 15 is 0 Å². The predicted octanol–water partition coefficient (Wildman–Crippen LogP) is 2.55. The van der Waals surface area contributed by atoms with E-state index in [1.165, 1.54) is 0 Å². The Morgan fingerprint density at radius 3 is 2.80 bits per heavy atom. The standard InChI is InChI=1S/C8H5Cl2NO3S/c9-5-1-2-7-6(3-5)11-8(14-7)4-15(10,12)13/h1-3H,4H2. The third-order valence-electron chi connectivity index (χ3n) is 1.69. The van der Waals surface area contributed by atoms with E-state index in [9.17, 15) is 8.42 Å². The summed E-state index contributed by atoms with van der Waals surface area (Å²) in [5.41, 5.74) is 0.993. The Balaban J connectivity index is 2.48. The minimum Gasteiger partial charge on any atom is -0.440 e. The van der Waals surface area contributed by atoms with Crippen LogP contribution in [-0.2, 0) is 14.8 Å². The fourth-order valence-electron chi connectivity index (χ4n) is 1.16. The Hall–Kier alpha value is -0.780. The quantitative estimate of drug-likeness (QED) is 0.784. The van der Waals surface area contributed by atoms with Crippen molar-refractivity contribution in [1.29, 1.82) is 0 Å². The average Bonchev–Trinajstić information content (AvgIpc) is 2.42. The number of aromatic nitrogens is 1. The Morgan fingerprint density at radius 2 is 2.13 bits per heavy atom. The van der Waals surface area contributed by atoms with Gasteiger partial charge >= 0.3 is 0 Å². The van der Waals surface area contributed by atoms with Crippen LogP contribution in [0.1, 0.15) is 5.89 Å². The van der Waals surface area contributed by atoms with Crippen LogP contribution in [0.15, 0.2) is 22.6 Å². The Morgan fingerprint density at radius 1 is 1.40 bits per heavy atom. The molecule has 0 N–H and O–H groups in total. The van der Waals surface area contributed by atoms with Gasteiger partial charge in [-0.3, -0.25) is 0 Å². The Kier molecular flexibility index (Phi) is 2.62. The molecule has 2 rings (SSSR count). The molecule has 0 spiro atoms. The van der Waals surface area contributed by atoms with Gasteiger partial charge in [-0.05, 0) is 18.2 Å². The van der Waals surface area contributed by atoms with Crippen LogP contribution >= 0.6 is 22.3 Å². The van der Waals surface area contributed by atoms with Crippen LogP contribution in [0.2, 0.25) is 5.02 Å². The van der Waals surface area contributed by atoms with Gasteiger partial charge in [0.1, 0.15) is 11.3 Å². The molecule has 0 aliphatic rings. The molecule has 0 saturated heterocycles. The highest BCUT2D eigenvalue weighted by atomic mass is 35.7. The molecule has 0 aliphatic carbocycles. The number of benzene rings is 1. The molecule has 2 aromatic rings. The summed E-state index contributed by atoms with van der Waals surface area (Å²) in [6.45, 7) is 0. The van der Waals surface area contributed by atoms with Gasteiger partial charge in [-0.25, -0.2) is 13.4 Å². The van der Waals surface area contributed by atoms with E-state index in [4.69, 9.17) is 26.7 Å². The highest BCUT2D eigenvalue weighted by molar-refractivity contribution is 8.13. The second-order valence-corrected chi connectivity index (χ2v) is 6.12. The van der Waals surface area contributed by atoms with Gasteiger partial charge in [-0.1, -0.05) is 11.6 Å². The van der Waals surface area contributed by atoms with E-state index in [1.54, 1.807) is 18.2 Å². The topological polar surface area (TPSA) is 60.2 Å². The Labute approximate surface area is 95.2 Å². The van der Waals surface area contributed by atoms with Crippen molar-refractivity contribution in [2.24, 2.45) is 0 Å². The summed E-state index contributed by atoms with van der Waals surface area (Å²) in [7, 11) is 1.42. The fraction of sp³-hybridized carbons (Fsp3) is 0.125. The fourth-order valence-corrected chi connectivity index (χ4v) is 2.02. The molecule has 0 aliphatic heterocycles. The van der Waals surface area contributed by atoms with Gasteiger partial charge in [0.25, 0.3) is 0 Å². The maximum atomic E-state index is 10.8. The number of nitrogens with zero attached hydrogens (tertiary/aromatic N) is 1. The van der Waals surface area contributed by atoms with Crippen LogP contribution in [0.3, 0.4) is 0 Å². The molecular weight excluding hydrogens is 261 g/mol. The molecule has 0 fully saturated rings. The number of oxazole rings is 1. The van der Waals surface area contributed by atoms with Crippen molar-refractivity contribution in [2.75, 3.05) is 0 Å². The normalized spacial score (nSPS) is 12.1. The maximum Gasteiger partial charge on any atom is 0.241 e. The van der Waals surface area contributed by atoms with E-state index in [1.807, 2.05) is 0 Å². The maximum absolute atomic E-state index is 10.8. The lowest BCUT2D eigenvalue weighted by Crippen LogP contribution is -1.94. The number of rotatable bonds is 2. The molecular formula is C8H5Cl2NO3S. The summed E-state index contributed by atoms with van der Waals surface area (Å²) < 4.78 is 26.7. The van der Waals surface area contributed by atoms with Crippen LogP contribution in [-0.4, -0.2) is 13.4 Å². The van der Waals surface area contributed by atoms with E-state index < -0.39 is 14.8 Å². The third-order valence-corrected chi connectivity index (χ3v) is 2.84. The first-order valence-electron chi connectivity index (χ1n) is 3.91. The van der Waals surface area contributed by atoms with Crippen LogP contribution in [0.5, 0.6) is 0 Å². The average molecular weight is 266 g/mol. The zero-order valence-corrected chi connectivity index (χ0v) is 9.60. The molecule has 0 unspecified atom stereocenters. The van der Waals surface area contributed by atoms with E-state index in [2.05, 4.69) is 4.98 Å². The van der Waals surface area contributed by atoms with Crippen molar-refractivity contribution >= 4 is 42.4 Å². The number of fused-ring (bicyclic) bond motifs is 1. The van der Waals surface area contributed by atoms with Crippen molar-refractivity contribution in [3.63, 3.8) is 0 Å². The molecule has 7 heteroatoms. The SMILES string of the molecule is O=S(=O)(Cl)Cc1nc2cc(Cl)ccc2o1. The predicted molar refractivity (Wildman–Crippen MR) is 57.5 cm³/mol. The first kappa shape index (κ1) is 10.7. The third kappa shape index (κ3) is 2.62. The zero-order chi connectivity index (χ0) is 11.1. The monoisotopic (exact) mass is 265 g/mol. The summed E-state index contributed by atoms with van der Waals surface area (Å²) in [6.07, 6.45) is 0. The van der Waals surface area contributed by atoms with Gasteiger partial charge in [0.05, 0.1) is 0 Å². The van der Waals surface area contributed by atoms with E-state index in [0.29, 0.717) is 16.1 Å². The smallest absolute Gasteiger partial charge is 0.241 e. The van der Waals surface area contributed by atoms with Crippen LogP contribution in [0.4, 0.5) is 0 Å². The van der Waals surface area contributed by atoms with Crippen molar-refractivity contribution in [1.82, 2.24) is 4.98 Å². The van der Waals surface area contributed by atoms with Crippen LogP contribution in [0.25, 0.3) is 11.1 Å². The van der Waals surface area contributed by atoms with Gasteiger partial charge in [0, 0.05) is 15.7 Å². The molecule has 0 radical (unpaired) electrons. The molecule has 0 atom stereocenters. The van der Waals surface area contributed by atoms with E-state index in [0.717, 1.165) is 0 Å². The number of hydrogen-bond donors (Lipinski definition) is 0. The highest BCUT2D eigenvalue weighted by Crippen LogP contribution is 2.21. The van der Waals surface area contributed by atoms with Gasteiger partial charge in [0.2, 0.25) is 14.9 Å². The summed E-state index contributed by atoms with van der Waals surface area (Å²) in [5, 5.41) is 0.510. The van der Waals surface area contributed by atoms with E-state index in [-0.39, 0.29) is 5.89 Å². The Bertz CT molecular complexity index is 605. The molecule has 1 aromatic heterocycles. The molecule has 15 heavy (non-hydrogen) atoms. The first-order chi connectivity index (χ1) is 6.94. The van der Waals surface area contributed by atoms with Crippen molar-refractivity contribution < 1.29 is 12.8 Å². The molecule has 80 valence electrons. The van der Waals surface area contributed by atoms with Gasteiger partial charge in [-0.2, -0.15) is 0 Å². The minimum absolute atomic E-state index is 0.0577. The van der Waals surface area contributed by atoms with Crippen molar-refractivity contribution in [3.05, 3.63) is 29.1 Å². The summed E-state index contributed by atoms with van der Waals surface area (Å²) in [4.78, 5) is 3.94.